The van der Waals surface area contributed by atoms with E-state index in [1.165, 1.54) is 19.1 Å². The molecule has 108 valence electrons. The standard InChI is InChI=1S/C15H18O5/c1-8(16)6-7-15(3)11(17)5-4-10-9(2)14(19)20-12(10)13(15)18/h6-7,10,12-13,18H,2,4-5H2,1,3H3/b7-6-/t10-,12-,13-,15+/m0/s1. The van der Waals surface area contributed by atoms with Crippen LogP contribution >= 0.6 is 0 Å². The maximum atomic E-state index is 12.3. The largest absolute Gasteiger partial charge is 0.456 e. The molecular formula is C15H18O5. The first-order valence-electron chi connectivity index (χ1n) is 6.58. The van der Waals surface area contributed by atoms with E-state index in [1.54, 1.807) is 6.92 Å². The number of hydrogen-bond donors (Lipinski definition) is 1. The van der Waals surface area contributed by atoms with E-state index in [0.29, 0.717) is 12.0 Å². The van der Waals surface area contributed by atoms with E-state index >= 15 is 0 Å². The topological polar surface area (TPSA) is 80.7 Å². The highest BCUT2D eigenvalue weighted by atomic mass is 16.6. The van der Waals surface area contributed by atoms with Crippen molar-refractivity contribution in [3.8, 4) is 0 Å². The summed E-state index contributed by atoms with van der Waals surface area (Å²) in [4.78, 5) is 34.9. The Morgan fingerprint density at radius 1 is 1.50 bits per heavy atom. The lowest BCUT2D eigenvalue weighted by atomic mass is 9.77. The van der Waals surface area contributed by atoms with Gasteiger partial charge in [0, 0.05) is 17.9 Å². The Labute approximate surface area is 117 Å². The molecule has 2 rings (SSSR count). The van der Waals surface area contributed by atoms with Crippen molar-refractivity contribution in [2.75, 3.05) is 0 Å². The summed E-state index contributed by atoms with van der Waals surface area (Å²) < 4.78 is 5.16. The SMILES string of the molecule is C=C1C(=O)O[C@H]2[C@H]1CCC(=O)[C@@](C)(/C=C\C(C)=O)[C@H]2O. The van der Waals surface area contributed by atoms with E-state index in [1.807, 2.05) is 0 Å². The van der Waals surface area contributed by atoms with Crippen LogP contribution in [0.25, 0.3) is 0 Å². The Balaban J connectivity index is 2.38. The second kappa shape index (κ2) is 4.98. The molecule has 0 amide bonds. The van der Waals surface area contributed by atoms with Crippen LogP contribution in [0.1, 0.15) is 26.7 Å². The van der Waals surface area contributed by atoms with Crippen LogP contribution < -0.4 is 0 Å². The fraction of sp³-hybridized carbons (Fsp3) is 0.533. The predicted octanol–water partition coefficient (Wildman–Crippen LogP) is 0.960. The third kappa shape index (κ3) is 2.22. The molecule has 2 aliphatic rings. The quantitative estimate of drug-likeness (QED) is 0.601. The average Bonchev–Trinajstić information content (AvgIpc) is 2.63. The van der Waals surface area contributed by atoms with Crippen LogP contribution in [0.15, 0.2) is 24.3 Å². The molecular weight excluding hydrogens is 260 g/mol. The molecule has 1 saturated heterocycles. The lowest BCUT2D eigenvalue weighted by Crippen LogP contribution is -2.45. The molecule has 1 aliphatic carbocycles. The second-order valence-corrected chi connectivity index (χ2v) is 5.64. The summed E-state index contributed by atoms with van der Waals surface area (Å²) in [5, 5.41) is 10.5. The summed E-state index contributed by atoms with van der Waals surface area (Å²) in [6.45, 7) is 6.61. The van der Waals surface area contributed by atoms with Gasteiger partial charge in [-0.1, -0.05) is 12.7 Å². The van der Waals surface area contributed by atoms with Gasteiger partial charge < -0.3 is 9.84 Å². The first kappa shape index (κ1) is 14.7. The molecule has 5 nitrogen and oxygen atoms in total. The third-order valence-corrected chi connectivity index (χ3v) is 4.22. The molecule has 20 heavy (non-hydrogen) atoms. The summed E-state index contributed by atoms with van der Waals surface area (Å²) in [6, 6.07) is 0. The van der Waals surface area contributed by atoms with E-state index in [2.05, 4.69) is 6.58 Å². The van der Waals surface area contributed by atoms with Gasteiger partial charge in [-0.25, -0.2) is 4.79 Å². The highest BCUT2D eigenvalue weighted by Gasteiger charge is 2.53. The first-order valence-corrected chi connectivity index (χ1v) is 6.58. The smallest absolute Gasteiger partial charge is 0.334 e. The van der Waals surface area contributed by atoms with Gasteiger partial charge in [-0.3, -0.25) is 9.59 Å². The predicted molar refractivity (Wildman–Crippen MR) is 70.7 cm³/mol. The fourth-order valence-electron chi connectivity index (χ4n) is 2.80. The zero-order valence-electron chi connectivity index (χ0n) is 11.6. The van der Waals surface area contributed by atoms with Gasteiger partial charge in [0.05, 0.1) is 5.41 Å². The number of carbonyl (C=O) groups is 3. The number of fused-ring (bicyclic) bond motifs is 1. The molecule has 0 spiro atoms. The van der Waals surface area contributed by atoms with Gasteiger partial charge in [0.1, 0.15) is 18.0 Å². The van der Waals surface area contributed by atoms with E-state index < -0.39 is 23.6 Å². The second-order valence-electron chi connectivity index (χ2n) is 5.64. The van der Waals surface area contributed by atoms with Gasteiger partial charge in [0.15, 0.2) is 5.78 Å². The van der Waals surface area contributed by atoms with Gasteiger partial charge >= 0.3 is 5.97 Å². The zero-order chi connectivity index (χ0) is 15.1. The minimum Gasteiger partial charge on any atom is -0.456 e. The number of allylic oxidation sites excluding steroid dienone is 1. The Morgan fingerprint density at radius 3 is 2.75 bits per heavy atom. The van der Waals surface area contributed by atoms with Crippen LogP contribution in [-0.4, -0.2) is 34.9 Å². The normalized spacial score (nSPS) is 37.8. The van der Waals surface area contributed by atoms with Crippen molar-refractivity contribution < 1.29 is 24.2 Å². The minimum absolute atomic E-state index is 0.166. The highest BCUT2D eigenvalue weighted by molar-refractivity contribution is 5.94. The van der Waals surface area contributed by atoms with E-state index in [9.17, 15) is 19.5 Å². The minimum atomic E-state index is -1.23. The number of rotatable bonds is 2. The van der Waals surface area contributed by atoms with Crippen LogP contribution in [0.4, 0.5) is 0 Å². The van der Waals surface area contributed by atoms with Crippen molar-refractivity contribution in [3.05, 3.63) is 24.3 Å². The van der Waals surface area contributed by atoms with Crippen LogP contribution in [-0.2, 0) is 19.1 Å². The van der Waals surface area contributed by atoms with Crippen molar-refractivity contribution in [3.63, 3.8) is 0 Å². The summed E-state index contributed by atoms with van der Waals surface area (Å²) >= 11 is 0. The Bertz CT molecular complexity index is 518. The van der Waals surface area contributed by atoms with Crippen molar-refractivity contribution in [1.29, 1.82) is 0 Å². The molecule has 4 atom stereocenters. The van der Waals surface area contributed by atoms with Gasteiger partial charge in [-0.15, -0.1) is 0 Å². The van der Waals surface area contributed by atoms with Crippen LogP contribution in [0.2, 0.25) is 0 Å². The van der Waals surface area contributed by atoms with Gasteiger partial charge in [0.25, 0.3) is 0 Å². The lowest BCUT2D eigenvalue weighted by molar-refractivity contribution is -0.150. The molecule has 0 aromatic heterocycles. The number of ether oxygens (including phenoxy) is 1. The molecule has 0 radical (unpaired) electrons. The molecule has 0 aromatic carbocycles. The van der Waals surface area contributed by atoms with Crippen molar-refractivity contribution in [2.24, 2.45) is 11.3 Å². The number of esters is 1. The van der Waals surface area contributed by atoms with Gasteiger partial charge in [-0.05, 0) is 26.3 Å². The number of ketones is 2. The third-order valence-electron chi connectivity index (χ3n) is 4.22. The maximum absolute atomic E-state index is 12.3. The van der Waals surface area contributed by atoms with Crippen molar-refractivity contribution in [2.45, 2.75) is 38.9 Å². The molecule has 0 aromatic rings. The number of hydrogen-bond acceptors (Lipinski definition) is 5. The van der Waals surface area contributed by atoms with E-state index in [-0.39, 0.29) is 23.9 Å². The van der Waals surface area contributed by atoms with Gasteiger partial charge in [0.2, 0.25) is 0 Å². The zero-order valence-corrected chi connectivity index (χ0v) is 11.6. The molecule has 1 N–H and O–H groups in total. The lowest BCUT2D eigenvalue weighted by Gasteiger charge is -2.31. The van der Waals surface area contributed by atoms with E-state index in [0.717, 1.165) is 0 Å². The fourth-order valence-corrected chi connectivity index (χ4v) is 2.80. The van der Waals surface area contributed by atoms with Crippen LogP contribution in [0, 0.1) is 11.3 Å². The molecule has 5 heteroatoms. The summed E-state index contributed by atoms with van der Waals surface area (Å²) in [5.74, 6) is -1.24. The van der Waals surface area contributed by atoms with Crippen LogP contribution in [0.3, 0.4) is 0 Å². The average molecular weight is 278 g/mol. The molecule has 1 heterocycles. The monoisotopic (exact) mass is 278 g/mol. The Morgan fingerprint density at radius 2 is 2.15 bits per heavy atom. The molecule has 1 saturated carbocycles. The number of aliphatic hydroxyl groups is 1. The number of carbonyl (C=O) groups excluding carboxylic acids is 3. The van der Waals surface area contributed by atoms with E-state index in [4.69, 9.17) is 4.74 Å². The van der Waals surface area contributed by atoms with Crippen LogP contribution in [0.5, 0.6) is 0 Å². The van der Waals surface area contributed by atoms with Gasteiger partial charge in [-0.2, -0.15) is 0 Å². The molecule has 2 fully saturated rings. The number of aliphatic hydroxyl groups excluding tert-OH is 1. The highest BCUT2D eigenvalue weighted by Crippen LogP contribution is 2.43. The maximum Gasteiger partial charge on any atom is 0.334 e. The number of Topliss-reactive ketones (excluding diaryl/α,β-unsaturated/α-hetero) is 1. The summed E-state index contributed by atoms with van der Waals surface area (Å²) in [5.41, 5.74) is -0.919. The van der Waals surface area contributed by atoms with Crippen molar-refractivity contribution in [1.82, 2.24) is 0 Å². The molecule has 1 aliphatic heterocycles. The molecule has 0 bridgehead atoms. The van der Waals surface area contributed by atoms with Crippen molar-refractivity contribution >= 4 is 17.5 Å². The summed E-state index contributed by atoms with van der Waals surface area (Å²) in [7, 11) is 0. The Hall–Kier alpha value is -1.75. The molecule has 0 unspecified atom stereocenters. The summed E-state index contributed by atoms with van der Waals surface area (Å²) in [6.07, 6.45) is 1.37. The Kier molecular flexibility index (Phi) is 3.65. The first-order chi connectivity index (χ1) is 9.27.